The Hall–Kier alpha value is -1.34. The molecule has 0 N–H and O–H groups in total. The minimum atomic E-state index is 0.169. The standard InChI is InChI=1S/C13H12O.C3H8/c1-8(2)9-4-3-5-10-11-6-7-12(14-11)13(9)10;1-3-2/h3-7,11-12H,1H2,2H3;3H2,1-2H3. The monoisotopic (exact) mass is 228 g/mol. The van der Waals surface area contributed by atoms with Crippen LogP contribution in [-0.2, 0) is 4.74 Å². The zero-order valence-corrected chi connectivity index (χ0v) is 10.9. The van der Waals surface area contributed by atoms with Gasteiger partial charge in [0.1, 0.15) is 12.2 Å². The van der Waals surface area contributed by atoms with Gasteiger partial charge in [-0.3, -0.25) is 0 Å². The fourth-order valence-electron chi connectivity index (χ4n) is 2.31. The van der Waals surface area contributed by atoms with Crippen LogP contribution in [0.1, 0.15) is 56.1 Å². The number of ether oxygens (including phenoxy) is 1. The molecule has 0 amide bonds. The summed E-state index contributed by atoms with van der Waals surface area (Å²) in [6.45, 7) is 10.3. The van der Waals surface area contributed by atoms with Crippen LogP contribution in [-0.4, -0.2) is 0 Å². The molecule has 3 rings (SSSR count). The average molecular weight is 228 g/mol. The third-order valence-electron chi connectivity index (χ3n) is 2.94. The van der Waals surface area contributed by atoms with Gasteiger partial charge in [-0.1, -0.05) is 62.8 Å². The second-order valence-electron chi connectivity index (χ2n) is 4.66. The molecule has 0 aromatic heterocycles. The molecule has 2 heterocycles. The summed E-state index contributed by atoms with van der Waals surface area (Å²) in [5.74, 6) is 0. The maximum absolute atomic E-state index is 5.78. The normalized spacial score (nSPS) is 23.0. The Morgan fingerprint density at radius 1 is 1.24 bits per heavy atom. The summed E-state index contributed by atoms with van der Waals surface area (Å²) >= 11 is 0. The van der Waals surface area contributed by atoms with Gasteiger partial charge in [-0.2, -0.15) is 0 Å². The van der Waals surface area contributed by atoms with Crippen molar-refractivity contribution in [2.45, 2.75) is 39.4 Å². The van der Waals surface area contributed by atoms with Crippen LogP contribution in [0.2, 0.25) is 0 Å². The molecular weight excluding hydrogens is 208 g/mol. The van der Waals surface area contributed by atoms with Crippen molar-refractivity contribution in [3.63, 3.8) is 0 Å². The summed E-state index contributed by atoms with van der Waals surface area (Å²) in [7, 11) is 0. The van der Waals surface area contributed by atoms with E-state index in [1.54, 1.807) is 0 Å². The maximum Gasteiger partial charge on any atom is 0.103 e. The van der Waals surface area contributed by atoms with Crippen LogP contribution in [0.25, 0.3) is 5.57 Å². The summed E-state index contributed by atoms with van der Waals surface area (Å²) < 4.78 is 5.78. The van der Waals surface area contributed by atoms with Gasteiger partial charge in [-0.05, 0) is 23.6 Å². The zero-order chi connectivity index (χ0) is 12.4. The molecule has 2 aliphatic heterocycles. The van der Waals surface area contributed by atoms with E-state index in [-0.39, 0.29) is 12.2 Å². The first kappa shape index (κ1) is 12.1. The van der Waals surface area contributed by atoms with E-state index in [1.165, 1.54) is 23.1 Å². The molecule has 90 valence electrons. The fraction of sp³-hybridized carbons (Fsp3) is 0.375. The molecule has 0 aliphatic carbocycles. The Morgan fingerprint density at radius 3 is 2.53 bits per heavy atom. The van der Waals surface area contributed by atoms with E-state index in [0.29, 0.717) is 0 Å². The Labute approximate surface area is 104 Å². The number of hydrogen-bond acceptors (Lipinski definition) is 1. The molecule has 2 atom stereocenters. The molecule has 0 fully saturated rings. The van der Waals surface area contributed by atoms with Crippen LogP contribution in [0.4, 0.5) is 0 Å². The molecule has 1 heteroatoms. The summed E-state index contributed by atoms with van der Waals surface area (Å²) in [5, 5.41) is 0. The van der Waals surface area contributed by atoms with E-state index < -0.39 is 0 Å². The highest BCUT2D eigenvalue weighted by atomic mass is 16.5. The predicted molar refractivity (Wildman–Crippen MR) is 72.8 cm³/mol. The minimum Gasteiger partial charge on any atom is -0.357 e. The quantitative estimate of drug-likeness (QED) is 0.626. The van der Waals surface area contributed by atoms with E-state index in [0.717, 1.165) is 5.57 Å². The molecule has 0 saturated carbocycles. The highest BCUT2D eigenvalue weighted by molar-refractivity contribution is 5.68. The van der Waals surface area contributed by atoms with Gasteiger partial charge in [0, 0.05) is 0 Å². The second kappa shape index (κ2) is 4.89. The Morgan fingerprint density at radius 2 is 1.88 bits per heavy atom. The molecule has 1 aromatic carbocycles. The molecule has 2 unspecified atom stereocenters. The van der Waals surface area contributed by atoms with Gasteiger partial charge in [-0.25, -0.2) is 0 Å². The first-order valence-electron chi connectivity index (χ1n) is 6.31. The van der Waals surface area contributed by atoms with Crippen LogP contribution in [0.15, 0.2) is 36.9 Å². The number of allylic oxidation sites excluding steroid dienone is 1. The van der Waals surface area contributed by atoms with Crippen LogP contribution >= 0.6 is 0 Å². The lowest BCUT2D eigenvalue weighted by Crippen LogP contribution is -1.97. The van der Waals surface area contributed by atoms with Gasteiger partial charge >= 0.3 is 0 Å². The first-order chi connectivity index (χ1) is 8.19. The lowest BCUT2D eigenvalue weighted by Gasteiger charge is -2.12. The van der Waals surface area contributed by atoms with Crippen molar-refractivity contribution in [2.24, 2.45) is 0 Å². The van der Waals surface area contributed by atoms with Gasteiger partial charge in [0.15, 0.2) is 0 Å². The van der Waals surface area contributed by atoms with E-state index in [9.17, 15) is 0 Å². The molecule has 0 radical (unpaired) electrons. The third-order valence-corrected chi connectivity index (χ3v) is 2.94. The second-order valence-corrected chi connectivity index (χ2v) is 4.66. The molecule has 0 saturated heterocycles. The minimum absolute atomic E-state index is 0.169. The van der Waals surface area contributed by atoms with Crippen molar-refractivity contribution in [3.05, 3.63) is 53.6 Å². The summed E-state index contributed by atoms with van der Waals surface area (Å²) in [6, 6.07) is 6.36. The van der Waals surface area contributed by atoms with Crippen LogP contribution in [0.3, 0.4) is 0 Å². The Kier molecular flexibility index (Phi) is 3.49. The van der Waals surface area contributed by atoms with Crippen molar-refractivity contribution in [1.29, 1.82) is 0 Å². The lowest BCUT2D eigenvalue weighted by atomic mass is 9.90. The Bertz CT molecular complexity index is 457. The van der Waals surface area contributed by atoms with Gasteiger partial charge in [0.05, 0.1) is 0 Å². The number of benzene rings is 1. The van der Waals surface area contributed by atoms with Gasteiger partial charge in [0.25, 0.3) is 0 Å². The predicted octanol–water partition coefficient (Wildman–Crippen LogP) is 4.82. The van der Waals surface area contributed by atoms with Gasteiger partial charge < -0.3 is 4.74 Å². The SMILES string of the molecule is C=C(C)c1cccc2c1C1C=CC2O1.CCC. The van der Waals surface area contributed by atoms with Crippen LogP contribution in [0, 0.1) is 0 Å². The number of rotatable bonds is 1. The van der Waals surface area contributed by atoms with Crippen molar-refractivity contribution in [2.75, 3.05) is 0 Å². The van der Waals surface area contributed by atoms with E-state index >= 15 is 0 Å². The molecule has 1 nitrogen and oxygen atoms in total. The summed E-state index contributed by atoms with van der Waals surface area (Å²) in [5.41, 5.74) is 5.01. The maximum atomic E-state index is 5.78. The number of hydrogen-bond donors (Lipinski definition) is 0. The Balaban J connectivity index is 0.000000329. The van der Waals surface area contributed by atoms with Crippen LogP contribution < -0.4 is 0 Å². The molecule has 17 heavy (non-hydrogen) atoms. The summed E-state index contributed by atoms with van der Waals surface area (Å²) in [6.07, 6.45) is 5.88. The highest BCUT2D eigenvalue weighted by Gasteiger charge is 2.34. The smallest absolute Gasteiger partial charge is 0.103 e. The first-order valence-corrected chi connectivity index (χ1v) is 6.31. The molecular formula is C16H20O. The summed E-state index contributed by atoms with van der Waals surface area (Å²) in [4.78, 5) is 0. The fourth-order valence-corrected chi connectivity index (χ4v) is 2.31. The molecule has 2 bridgehead atoms. The van der Waals surface area contributed by atoms with Crippen LogP contribution in [0.5, 0.6) is 0 Å². The number of fused-ring (bicyclic) bond motifs is 5. The molecule has 1 aromatic rings. The van der Waals surface area contributed by atoms with Crippen molar-refractivity contribution in [3.8, 4) is 0 Å². The van der Waals surface area contributed by atoms with E-state index in [1.807, 2.05) is 6.92 Å². The van der Waals surface area contributed by atoms with Crippen molar-refractivity contribution < 1.29 is 4.74 Å². The van der Waals surface area contributed by atoms with E-state index in [4.69, 9.17) is 4.74 Å². The van der Waals surface area contributed by atoms with Gasteiger partial charge in [-0.15, -0.1) is 0 Å². The highest BCUT2D eigenvalue weighted by Crippen LogP contribution is 2.48. The topological polar surface area (TPSA) is 9.23 Å². The molecule has 0 spiro atoms. The molecule has 2 aliphatic rings. The lowest BCUT2D eigenvalue weighted by molar-refractivity contribution is 0.0878. The average Bonchev–Trinajstić information content (AvgIpc) is 2.90. The third kappa shape index (κ3) is 2.07. The zero-order valence-electron chi connectivity index (χ0n) is 10.9. The van der Waals surface area contributed by atoms with Crippen molar-refractivity contribution in [1.82, 2.24) is 0 Å². The van der Waals surface area contributed by atoms with E-state index in [2.05, 4.69) is 50.8 Å². The van der Waals surface area contributed by atoms with Gasteiger partial charge in [0.2, 0.25) is 0 Å². The van der Waals surface area contributed by atoms with Crippen molar-refractivity contribution >= 4 is 5.57 Å². The largest absolute Gasteiger partial charge is 0.357 e.